The lowest BCUT2D eigenvalue weighted by Gasteiger charge is -2.20. The number of carbonyl (C=O) groups is 1. The first kappa shape index (κ1) is 16.4. The Kier molecular flexibility index (Phi) is 9.09. The summed E-state index contributed by atoms with van der Waals surface area (Å²) in [5.41, 5.74) is 0. The van der Waals surface area contributed by atoms with Gasteiger partial charge in [0.2, 0.25) is 5.91 Å². The summed E-state index contributed by atoms with van der Waals surface area (Å²) in [6.45, 7) is 11.2. The summed E-state index contributed by atoms with van der Waals surface area (Å²) in [7, 11) is 2.14. The summed E-state index contributed by atoms with van der Waals surface area (Å²) in [4.78, 5) is 13.7. The average molecular weight is 243 g/mol. The predicted molar refractivity (Wildman–Crippen MR) is 73.1 cm³/mol. The van der Waals surface area contributed by atoms with Gasteiger partial charge >= 0.3 is 0 Å². The Bertz CT molecular complexity index is 205. The van der Waals surface area contributed by atoms with Gasteiger partial charge in [-0.2, -0.15) is 0 Å². The Balaban J connectivity index is 3.32. The summed E-state index contributed by atoms with van der Waals surface area (Å²) in [5, 5.41) is 6.18. The second kappa shape index (κ2) is 9.42. The van der Waals surface area contributed by atoms with Crippen LogP contribution in [0.25, 0.3) is 0 Å². The fourth-order valence-corrected chi connectivity index (χ4v) is 1.43. The smallest absolute Gasteiger partial charge is 0.221 e. The van der Waals surface area contributed by atoms with Crippen molar-refractivity contribution in [3.63, 3.8) is 0 Å². The van der Waals surface area contributed by atoms with Crippen LogP contribution in [0.5, 0.6) is 0 Å². The summed E-state index contributed by atoms with van der Waals surface area (Å²) in [5.74, 6) is 0.131. The molecule has 0 saturated carbocycles. The third kappa shape index (κ3) is 10.3. The Labute approximate surface area is 106 Å². The van der Waals surface area contributed by atoms with E-state index in [0.29, 0.717) is 12.5 Å². The zero-order valence-corrected chi connectivity index (χ0v) is 12.0. The Morgan fingerprint density at radius 2 is 1.82 bits per heavy atom. The van der Waals surface area contributed by atoms with Gasteiger partial charge in [0, 0.05) is 25.0 Å². The van der Waals surface area contributed by atoms with E-state index in [1.807, 2.05) is 13.8 Å². The van der Waals surface area contributed by atoms with Crippen LogP contribution in [0.2, 0.25) is 0 Å². The maximum atomic E-state index is 11.3. The quantitative estimate of drug-likeness (QED) is 0.599. The fraction of sp³-hybridized carbons (Fsp3) is 0.923. The van der Waals surface area contributed by atoms with Crippen molar-refractivity contribution in [1.29, 1.82) is 0 Å². The molecule has 0 heterocycles. The van der Waals surface area contributed by atoms with Gasteiger partial charge in [-0.25, -0.2) is 0 Å². The number of hydrogen-bond acceptors (Lipinski definition) is 3. The minimum atomic E-state index is 0.131. The highest BCUT2D eigenvalue weighted by Gasteiger charge is 2.03. The van der Waals surface area contributed by atoms with Crippen molar-refractivity contribution in [3.8, 4) is 0 Å². The number of nitrogens with one attached hydrogen (secondary N) is 2. The Morgan fingerprint density at radius 1 is 1.18 bits per heavy atom. The minimum Gasteiger partial charge on any atom is -0.354 e. The molecular formula is C13H29N3O. The molecule has 0 unspecified atom stereocenters. The van der Waals surface area contributed by atoms with Crippen LogP contribution in [0.3, 0.4) is 0 Å². The molecule has 0 saturated heterocycles. The van der Waals surface area contributed by atoms with E-state index in [-0.39, 0.29) is 11.9 Å². The molecule has 0 rings (SSSR count). The molecule has 0 aromatic rings. The number of nitrogens with zero attached hydrogens (tertiary/aromatic N) is 1. The van der Waals surface area contributed by atoms with Gasteiger partial charge in [-0.3, -0.25) is 4.79 Å². The molecule has 0 aliphatic carbocycles. The third-order valence-corrected chi connectivity index (χ3v) is 2.72. The predicted octanol–water partition coefficient (Wildman–Crippen LogP) is 1.22. The second-order valence-corrected chi connectivity index (χ2v) is 5.15. The van der Waals surface area contributed by atoms with Gasteiger partial charge < -0.3 is 15.5 Å². The minimum absolute atomic E-state index is 0.131. The van der Waals surface area contributed by atoms with Gasteiger partial charge in [0.15, 0.2) is 0 Å². The molecule has 1 amide bonds. The van der Waals surface area contributed by atoms with Crippen molar-refractivity contribution in [2.75, 3.05) is 26.7 Å². The molecule has 0 spiro atoms. The van der Waals surface area contributed by atoms with E-state index in [0.717, 1.165) is 26.1 Å². The molecule has 0 radical (unpaired) electrons. The first-order valence-electron chi connectivity index (χ1n) is 6.63. The lowest BCUT2D eigenvalue weighted by atomic mass is 10.3. The first-order chi connectivity index (χ1) is 7.93. The molecule has 0 aliphatic rings. The highest BCUT2D eigenvalue weighted by molar-refractivity contribution is 5.76. The van der Waals surface area contributed by atoms with E-state index in [2.05, 4.69) is 36.4 Å². The summed E-state index contributed by atoms with van der Waals surface area (Å²) >= 11 is 0. The molecule has 0 atom stereocenters. The van der Waals surface area contributed by atoms with Crippen LogP contribution in [0.15, 0.2) is 0 Å². The SMILES string of the molecule is CC(C)NC(=O)CCNCCCN(C)C(C)C. The van der Waals surface area contributed by atoms with E-state index in [4.69, 9.17) is 0 Å². The number of hydrogen-bond donors (Lipinski definition) is 2. The van der Waals surface area contributed by atoms with Crippen LogP contribution < -0.4 is 10.6 Å². The van der Waals surface area contributed by atoms with E-state index < -0.39 is 0 Å². The molecule has 0 fully saturated rings. The van der Waals surface area contributed by atoms with Crippen molar-refractivity contribution in [2.45, 2.75) is 52.6 Å². The van der Waals surface area contributed by atoms with Gasteiger partial charge in [0.05, 0.1) is 0 Å². The molecule has 0 aliphatic heterocycles. The van der Waals surface area contributed by atoms with E-state index in [9.17, 15) is 4.79 Å². The van der Waals surface area contributed by atoms with Crippen molar-refractivity contribution >= 4 is 5.91 Å². The molecule has 2 N–H and O–H groups in total. The molecular weight excluding hydrogens is 214 g/mol. The van der Waals surface area contributed by atoms with Crippen LogP contribution in [0.1, 0.15) is 40.5 Å². The molecule has 0 aromatic carbocycles. The van der Waals surface area contributed by atoms with Gasteiger partial charge in [-0.15, -0.1) is 0 Å². The first-order valence-corrected chi connectivity index (χ1v) is 6.63. The lowest BCUT2D eigenvalue weighted by molar-refractivity contribution is -0.121. The lowest BCUT2D eigenvalue weighted by Crippen LogP contribution is -2.33. The van der Waals surface area contributed by atoms with Crippen molar-refractivity contribution in [2.24, 2.45) is 0 Å². The zero-order chi connectivity index (χ0) is 13.3. The molecule has 4 heteroatoms. The topological polar surface area (TPSA) is 44.4 Å². The normalized spacial score (nSPS) is 11.5. The molecule has 17 heavy (non-hydrogen) atoms. The van der Waals surface area contributed by atoms with Gasteiger partial charge in [-0.05, 0) is 54.3 Å². The average Bonchev–Trinajstić information content (AvgIpc) is 2.21. The summed E-state index contributed by atoms with van der Waals surface area (Å²) in [6.07, 6.45) is 1.69. The van der Waals surface area contributed by atoms with Crippen LogP contribution in [0.4, 0.5) is 0 Å². The van der Waals surface area contributed by atoms with E-state index in [1.165, 1.54) is 0 Å². The number of carbonyl (C=O) groups excluding carboxylic acids is 1. The number of amides is 1. The van der Waals surface area contributed by atoms with Crippen molar-refractivity contribution in [1.82, 2.24) is 15.5 Å². The highest BCUT2D eigenvalue weighted by Crippen LogP contribution is 1.94. The monoisotopic (exact) mass is 243 g/mol. The third-order valence-electron chi connectivity index (χ3n) is 2.72. The second-order valence-electron chi connectivity index (χ2n) is 5.15. The molecule has 4 nitrogen and oxygen atoms in total. The maximum Gasteiger partial charge on any atom is 0.221 e. The highest BCUT2D eigenvalue weighted by atomic mass is 16.1. The fourth-order valence-electron chi connectivity index (χ4n) is 1.43. The Hall–Kier alpha value is -0.610. The van der Waals surface area contributed by atoms with Gasteiger partial charge in [0.25, 0.3) is 0 Å². The van der Waals surface area contributed by atoms with Crippen molar-refractivity contribution < 1.29 is 4.79 Å². The number of rotatable bonds is 9. The van der Waals surface area contributed by atoms with Crippen LogP contribution >= 0.6 is 0 Å². The summed E-state index contributed by atoms with van der Waals surface area (Å²) in [6, 6.07) is 0.842. The van der Waals surface area contributed by atoms with E-state index in [1.54, 1.807) is 0 Å². The standard InChI is InChI=1S/C13H29N3O/c1-11(2)15-13(17)7-9-14-8-6-10-16(5)12(3)4/h11-12,14H,6-10H2,1-5H3,(H,15,17). The van der Waals surface area contributed by atoms with Gasteiger partial charge in [0.1, 0.15) is 0 Å². The molecule has 102 valence electrons. The van der Waals surface area contributed by atoms with Crippen LogP contribution in [-0.4, -0.2) is 49.6 Å². The molecule has 0 aromatic heterocycles. The molecule has 0 bridgehead atoms. The summed E-state index contributed by atoms with van der Waals surface area (Å²) < 4.78 is 0. The maximum absolute atomic E-state index is 11.3. The van der Waals surface area contributed by atoms with Crippen LogP contribution in [-0.2, 0) is 4.79 Å². The van der Waals surface area contributed by atoms with Gasteiger partial charge in [-0.1, -0.05) is 0 Å². The zero-order valence-electron chi connectivity index (χ0n) is 12.0. The Morgan fingerprint density at radius 3 is 2.35 bits per heavy atom. The van der Waals surface area contributed by atoms with E-state index >= 15 is 0 Å². The van der Waals surface area contributed by atoms with Crippen LogP contribution in [0, 0.1) is 0 Å². The largest absolute Gasteiger partial charge is 0.354 e. The van der Waals surface area contributed by atoms with Crippen molar-refractivity contribution in [3.05, 3.63) is 0 Å².